The molecule has 5 nitrogen and oxygen atoms in total. The van der Waals surface area contributed by atoms with Gasteiger partial charge in [0.05, 0.1) is 17.4 Å². The number of non-ortho nitro benzene ring substituents is 1. The largest absolute Gasteiger partial charge is 0.323 e. The van der Waals surface area contributed by atoms with Crippen molar-refractivity contribution in [2.45, 2.75) is 12.5 Å². The van der Waals surface area contributed by atoms with E-state index in [-0.39, 0.29) is 12.1 Å². The molecular formula is C9H8ClN3O2. The van der Waals surface area contributed by atoms with Gasteiger partial charge in [0.2, 0.25) is 0 Å². The molecule has 0 heterocycles. The highest BCUT2D eigenvalue weighted by molar-refractivity contribution is 6.31. The van der Waals surface area contributed by atoms with E-state index in [0.717, 1.165) is 0 Å². The van der Waals surface area contributed by atoms with E-state index in [1.165, 1.54) is 18.2 Å². The second kappa shape index (κ2) is 4.73. The van der Waals surface area contributed by atoms with Gasteiger partial charge in [0.15, 0.2) is 0 Å². The van der Waals surface area contributed by atoms with Crippen LogP contribution in [0.1, 0.15) is 18.0 Å². The first-order valence-electron chi connectivity index (χ1n) is 4.12. The molecule has 0 spiro atoms. The second-order valence-corrected chi connectivity index (χ2v) is 3.34. The average molecular weight is 226 g/mol. The molecule has 1 atom stereocenters. The van der Waals surface area contributed by atoms with Gasteiger partial charge < -0.3 is 5.73 Å². The Kier molecular flexibility index (Phi) is 3.61. The summed E-state index contributed by atoms with van der Waals surface area (Å²) in [6, 6.07) is 5.29. The molecule has 6 heteroatoms. The molecule has 78 valence electrons. The predicted octanol–water partition coefficient (Wildman–Crippen LogP) is 2.16. The van der Waals surface area contributed by atoms with Crippen molar-refractivity contribution in [3.63, 3.8) is 0 Å². The van der Waals surface area contributed by atoms with Gasteiger partial charge in [0.1, 0.15) is 0 Å². The normalized spacial score (nSPS) is 11.8. The van der Waals surface area contributed by atoms with Crippen LogP contribution in [-0.4, -0.2) is 4.92 Å². The molecule has 0 aliphatic rings. The quantitative estimate of drug-likeness (QED) is 0.630. The van der Waals surface area contributed by atoms with Crippen molar-refractivity contribution in [3.8, 4) is 6.07 Å². The molecule has 0 saturated heterocycles. The van der Waals surface area contributed by atoms with Crippen LogP contribution in [0.5, 0.6) is 0 Å². The van der Waals surface area contributed by atoms with Crippen molar-refractivity contribution >= 4 is 17.3 Å². The molecule has 0 amide bonds. The molecule has 0 fully saturated rings. The molecule has 0 bridgehead atoms. The summed E-state index contributed by atoms with van der Waals surface area (Å²) in [6.45, 7) is 0. The lowest BCUT2D eigenvalue weighted by Gasteiger charge is -2.09. The molecule has 1 aromatic rings. The summed E-state index contributed by atoms with van der Waals surface area (Å²) < 4.78 is 0. The molecule has 0 unspecified atom stereocenters. The van der Waals surface area contributed by atoms with E-state index in [1.807, 2.05) is 6.07 Å². The number of nitro groups is 1. The third kappa shape index (κ3) is 2.65. The minimum atomic E-state index is -0.595. The van der Waals surface area contributed by atoms with Crippen LogP contribution in [0.4, 0.5) is 5.69 Å². The summed E-state index contributed by atoms with van der Waals surface area (Å²) in [5.74, 6) is 0. The van der Waals surface area contributed by atoms with Crippen LogP contribution in [-0.2, 0) is 0 Å². The monoisotopic (exact) mass is 225 g/mol. The predicted molar refractivity (Wildman–Crippen MR) is 55.3 cm³/mol. The van der Waals surface area contributed by atoms with Crippen molar-refractivity contribution < 1.29 is 4.92 Å². The molecule has 2 N–H and O–H groups in total. The van der Waals surface area contributed by atoms with Crippen LogP contribution in [0, 0.1) is 21.4 Å². The summed E-state index contributed by atoms with van der Waals surface area (Å²) in [7, 11) is 0. The van der Waals surface area contributed by atoms with Gasteiger partial charge >= 0.3 is 0 Å². The molecule has 0 aliphatic carbocycles. The Balaban J connectivity index is 3.11. The Labute approximate surface area is 91.2 Å². The van der Waals surface area contributed by atoms with Crippen LogP contribution in [0.15, 0.2) is 18.2 Å². The second-order valence-electron chi connectivity index (χ2n) is 2.93. The highest BCUT2D eigenvalue weighted by Crippen LogP contribution is 2.27. The summed E-state index contributed by atoms with van der Waals surface area (Å²) in [4.78, 5) is 9.97. The zero-order chi connectivity index (χ0) is 11.4. The third-order valence-electron chi connectivity index (χ3n) is 1.90. The number of nitrogens with two attached hydrogens (primary N) is 1. The Morgan fingerprint density at radius 2 is 2.33 bits per heavy atom. The Bertz CT molecular complexity index is 428. The van der Waals surface area contributed by atoms with Gasteiger partial charge in [0.25, 0.3) is 5.69 Å². The number of rotatable bonds is 3. The standard InChI is InChI=1S/C9H8ClN3O2/c10-8-2-1-6(13(14)15)5-7(8)9(12)3-4-11/h1-2,5,9H,3,12H2/t9-/m1/s1. The minimum absolute atomic E-state index is 0.0703. The van der Waals surface area contributed by atoms with E-state index in [0.29, 0.717) is 10.6 Å². The highest BCUT2D eigenvalue weighted by atomic mass is 35.5. The van der Waals surface area contributed by atoms with Crippen molar-refractivity contribution in [3.05, 3.63) is 38.9 Å². The van der Waals surface area contributed by atoms with Crippen LogP contribution in [0.25, 0.3) is 0 Å². The first kappa shape index (κ1) is 11.4. The van der Waals surface area contributed by atoms with E-state index in [9.17, 15) is 10.1 Å². The third-order valence-corrected chi connectivity index (χ3v) is 2.25. The Morgan fingerprint density at radius 3 is 2.87 bits per heavy atom. The SMILES string of the molecule is N#CC[C@@H](N)c1cc([N+](=O)[O-])ccc1Cl. The Morgan fingerprint density at radius 1 is 1.67 bits per heavy atom. The highest BCUT2D eigenvalue weighted by Gasteiger charge is 2.14. The van der Waals surface area contributed by atoms with Crippen molar-refractivity contribution in [1.82, 2.24) is 0 Å². The fourth-order valence-corrected chi connectivity index (χ4v) is 1.39. The van der Waals surface area contributed by atoms with Crippen molar-refractivity contribution in [2.75, 3.05) is 0 Å². The van der Waals surface area contributed by atoms with E-state index in [4.69, 9.17) is 22.6 Å². The van der Waals surface area contributed by atoms with Gasteiger partial charge in [0, 0.05) is 23.2 Å². The van der Waals surface area contributed by atoms with E-state index < -0.39 is 11.0 Å². The maximum absolute atomic E-state index is 10.5. The molecule has 1 rings (SSSR count). The molecular weight excluding hydrogens is 218 g/mol. The van der Waals surface area contributed by atoms with Gasteiger partial charge in [-0.15, -0.1) is 0 Å². The number of hydrogen-bond acceptors (Lipinski definition) is 4. The number of benzene rings is 1. The fraction of sp³-hybridized carbons (Fsp3) is 0.222. The van der Waals surface area contributed by atoms with Crippen molar-refractivity contribution in [1.29, 1.82) is 5.26 Å². The van der Waals surface area contributed by atoms with Crippen LogP contribution >= 0.6 is 11.6 Å². The van der Waals surface area contributed by atoms with E-state index in [1.54, 1.807) is 0 Å². The maximum Gasteiger partial charge on any atom is 0.269 e. The van der Waals surface area contributed by atoms with Gasteiger partial charge in [-0.3, -0.25) is 10.1 Å². The van der Waals surface area contributed by atoms with E-state index in [2.05, 4.69) is 0 Å². The van der Waals surface area contributed by atoms with Gasteiger partial charge in [-0.1, -0.05) is 11.6 Å². The minimum Gasteiger partial charge on any atom is -0.323 e. The number of nitrogens with zero attached hydrogens (tertiary/aromatic N) is 2. The zero-order valence-electron chi connectivity index (χ0n) is 7.68. The topological polar surface area (TPSA) is 93.0 Å². The van der Waals surface area contributed by atoms with Gasteiger partial charge in [-0.05, 0) is 11.6 Å². The lowest BCUT2D eigenvalue weighted by Crippen LogP contribution is -2.10. The number of halogens is 1. The molecule has 1 aromatic carbocycles. The number of nitro benzene ring substituents is 1. The van der Waals surface area contributed by atoms with Gasteiger partial charge in [-0.25, -0.2) is 0 Å². The molecule has 0 saturated carbocycles. The lowest BCUT2D eigenvalue weighted by atomic mass is 10.0. The summed E-state index contributed by atoms with van der Waals surface area (Å²) in [5.41, 5.74) is 5.99. The van der Waals surface area contributed by atoms with E-state index >= 15 is 0 Å². The van der Waals surface area contributed by atoms with Gasteiger partial charge in [-0.2, -0.15) is 5.26 Å². The summed E-state index contributed by atoms with van der Waals surface area (Å²) in [5, 5.41) is 19.3. The molecule has 0 aliphatic heterocycles. The molecule has 0 aromatic heterocycles. The summed E-state index contributed by atoms with van der Waals surface area (Å²) in [6.07, 6.45) is 0.0703. The van der Waals surface area contributed by atoms with Crippen molar-refractivity contribution in [2.24, 2.45) is 5.73 Å². The lowest BCUT2D eigenvalue weighted by molar-refractivity contribution is -0.384. The number of hydrogen-bond donors (Lipinski definition) is 1. The molecule has 15 heavy (non-hydrogen) atoms. The van der Waals surface area contributed by atoms with Crippen LogP contribution in [0.2, 0.25) is 5.02 Å². The Hall–Kier alpha value is -1.64. The first-order chi connectivity index (χ1) is 7.06. The zero-order valence-corrected chi connectivity index (χ0v) is 8.44. The molecule has 0 radical (unpaired) electrons. The number of nitriles is 1. The fourth-order valence-electron chi connectivity index (χ4n) is 1.14. The average Bonchev–Trinajstić information content (AvgIpc) is 2.18. The van der Waals surface area contributed by atoms with Crippen LogP contribution < -0.4 is 5.73 Å². The smallest absolute Gasteiger partial charge is 0.269 e. The first-order valence-corrected chi connectivity index (χ1v) is 4.50. The summed E-state index contributed by atoms with van der Waals surface area (Å²) >= 11 is 5.82. The maximum atomic E-state index is 10.5. The van der Waals surface area contributed by atoms with Crippen LogP contribution in [0.3, 0.4) is 0 Å².